The van der Waals surface area contributed by atoms with Gasteiger partial charge in [0.1, 0.15) is 0 Å². The van der Waals surface area contributed by atoms with Crippen molar-refractivity contribution >= 4 is 15.8 Å². The van der Waals surface area contributed by atoms with E-state index in [4.69, 9.17) is 0 Å². The Morgan fingerprint density at radius 3 is 1.91 bits per heavy atom. The van der Waals surface area contributed by atoms with Crippen LogP contribution in [0.2, 0.25) is 0 Å². The first-order valence-corrected chi connectivity index (χ1v) is 16.8. The molecule has 5 aromatic rings. The molecule has 6 rings (SSSR count). The SMILES string of the molecule is Cc1cccc([Si](=[Zr+2])c2cccc(C)c2)c1.[c-]1cccc2c1Cc1ccccc1-2.c1cc[cH-]c1. The second kappa shape index (κ2) is 12.2. The van der Waals surface area contributed by atoms with Gasteiger partial charge in [-0.05, 0) is 6.42 Å². The fraction of sp³-hybridized carbons (Fsp3) is 0.0938. The molecule has 0 saturated carbocycles. The van der Waals surface area contributed by atoms with Gasteiger partial charge in [0.2, 0.25) is 0 Å². The van der Waals surface area contributed by atoms with Crippen LogP contribution in [0.15, 0.2) is 121 Å². The van der Waals surface area contributed by atoms with Crippen LogP contribution in [0, 0.1) is 19.9 Å². The molecule has 0 spiro atoms. The summed E-state index contributed by atoms with van der Waals surface area (Å²) >= 11 is 1.65. The van der Waals surface area contributed by atoms with Crippen LogP contribution in [0.25, 0.3) is 11.1 Å². The predicted molar refractivity (Wildman–Crippen MR) is 143 cm³/mol. The van der Waals surface area contributed by atoms with Crippen molar-refractivity contribution in [1.82, 2.24) is 0 Å². The maximum absolute atomic E-state index is 3.30. The van der Waals surface area contributed by atoms with Gasteiger partial charge in [0, 0.05) is 0 Å². The zero-order chi connectivity index (χ0) is 23.8. The standard InChI is InChI=1S/C14H14Si.C13H9.C5H5.Zr/c1-11-5-3-7-13(9-11)15-14-8-4-6-12(2)10-14;1-3-7-12-10(5-1)9-11-6-2-4-8-13(11)12;1-2-4-5-3-1;/h3-10H,1-2H3;1-5,7-8H,9H2;1-5H;/q;2*-1;+2. The van der Waals surface area contributed by atoms with Crippen LogP contribution in [-0.2, 0) is 29.8 Å². The predicted octanol–water partition coefficient (Wildman–Crippen LogP) is 6.42. The van der Waals surface area contributed by atoms with Gasteiger partial charge in [-0.2, -0.15) is 48.0 Å². The summed E-state index contributed by atoms with van der Waals surface area (Å²) in [6.07, 6.45) is 1.05. The van der Waals surface area contributed by atoms with Crippen LogP contribution in [0.3, 0.4) is 0 Å². The van der Waals surface area contributed by atoms with Crippen LogP contribution in [0.5, 0.6) is 0 Å². The summed E-state index contributed by atoms with van der Waals surface area (Å²) in [4.78, 5) is 0. The number of aryl methyl sites for hydroxylation is 2. The molecular formula is C32H28SiZr. The minimum Gasteiger partial charge on any atom is -0.214 e. The van der Waals surface area contributed by atoms with Gasteiger partial charge < -0.3 is 0 Å². The van der Waals surface area contributed by atoms with Crippen LogP contribution in [0.4, 0.5) is 0 Å². The van der Waals surface area contributed by atoms with Crippen molar-refractivity contribution in [1.29, 1.82) is 0 Å². The van der Waals surface area contributed by atoms with Gasteiger partial charge in [-0.1, -0.05) is 35.4 Å². The average Bonchev–Trinajstić information content (AvgIpc) is 3.56. The van der Waals surface area contributed by atoms with E-state index in [9.17, 15) is 0 Å². The van der Waals surface area contributed by atoms with E-state index in [1.54, 1.807) is 23.3 Å². The van der Waals surface area contributed by atoms with Crippen molar-refractivity contribution in [3.8, 4) is 11.1 Å². The molecule has 0 unspecified atom stereocenters. The first-order chi connectivity index (χ1) is 16.6. The number of hydrogen-bond acceptors (Lipinski definition) is 0. The normalized spacial score (nSPS) is 10.7. The van der Waals surface area contributed by atoms with E-state index in [1.165, 1.54) is 43.8 Å². The molecule has 0 nitrogen and oxygen atoms in total. The van der Waals surface area contributed by atoms with Crippen LogP contribution in [-0.4, -0.2) is 5.43 Å². The molecule has 1 aliphatic rings. The maximum atomic E-state index is 3.30. The fourth-order valence-corrected chi connectivity index (χ4v) is 7.98. The van der Waals surface area contributed by atoms with E-state index in [0.29, 0.717) is 0 Å². The van der Waals surface area contributed by atoms with Crippen molar-refractivity contribution < 1.29 is 23.3 Å². The number of hydrogen-bond donors (Lipinski definition) is 0. The third-order valence-electron chi connectivity index (χ3n) is 5.79. The molecule has 0 amide bonds. The van der Waals surface area contributed by atoms with E-state index in [2.05, 4.69) is 105 Å². The molecule has 2 heteroatoms. The maximum Gasteiger partial charge on any atom is -0.0253 e. The van der Waals surface area contributed by atoms with Gasteiger partial charge in [0.25, 0.3) is 0 Å². The van der Waals surface area contributed by atoms with E-state index in [-0.39, 0.29) is 0 Å². The Kier molecular flexibility index (Phi) is 8.74. The largest absolute Gasteiger partial charge is 0.214 e. The summed E-state index contributed by atoms with van der Waals surface area (Å²) in [7, 11) is 0. The van der Waals surface area contributed by atoms with Gasteiger partial charge in [0.15, 0.2) is 0 Å². The van der Waals surface area contributed by atoms with Crippen LogP contribution >= 0.6 is 0 Å². The summed E-state index contributed by atoms with van der Waals surface area (Å²) in [5.41, 5.74) is 7.75. The van der Waals surface area contributed by atoms with E-state index in [1.807, 2.05) is 36.4 Å². The number of benzene rings is 4. The molecule has 0 aromatic heterocycles. The summed E-state index contributed by atoms with van der Waals surface area (Å²) in [6, 6.07) is 46.0. The smallest absolute Gasteiger partial charge is 0.0253 e. The third kappa shape index (κ3) is 6.47. The van der Waals surface area contributed by atoms with Gasteiger partial charge >= 0.3 is 113 Å². The Labute approximate surface area is 219 Å². The average molecular weight is 532 g/mol. The summed E-state index contributed by atoms with van der Waals surface area (Å²) in [5.74, 6) is 0. The van der Waals surface area contributed by atoms with Crippen molar-refractivity contribution in [3.63, 3.8) is 0 Å². The molecule has 0 saturated heterocycles. The molecular weight excluding hydrogens is 504 g/mol. The zero-order valence-corrected chi connectivity index (χ0v) is 23.2. The fourth-order valence-electron chi connectivity index (χ4n) is 4.09. The molecule has 164 valence electrons. The quantitative estimate of drug-likeness (QED) is 0.179. The molecule has 34 heavy (non-hydrogen) atoms. The monoisotopic (exact) mass is 530 g/mol. The molecule has 0 N–H and O–H groups in total. The van der Waals surface area contributed by atoms with E-state index in [0.717, 1.165) is 6.42 Å². The zero-order valence-electron chi connectivity index (χ0n) is 19.8. The van der Waals surface area contributed by atoms with E-state index >= 15 is 0 Å². The van der Waals surface area contributed by atoms with Gasteiger partial charge in [-0.25, -0.2) is 12.1 Å². The third-order valence-corrected chi connectivity index (χ3v) is 11.8. The minimum absolute atomic E-state index is 0.499. The van der Waals surface area contributed by atoms with E-state index < -0.39 is 5.43 Å². The second-order valence-electron chi connectivity index (χ2n) is 8.47. The van der Waals surface area contributed by atoms with Gasteiger partial charge in [0.05, 0.1) is 0 Å². The Hall–Kier alpha value is -2.67. The van der Waals surface area contributed by atoms with Crippen molar-refractivity contribution in [2.45, 2.75) is 20.3 Å². The molecule has 0 atom stereocenters. The second-order valence-corrected chi connectivity index (χ2v) is 14.1. The Morgan fingerprint density at radius 2 is 1.32 bits per heavy atom. The first kappa shape index (κ1) is 24.5. The number of fused-ring (bicyclic) bond motifs is 3. The van der Waals surface area contributed by atoms with Crippen molar-refractivity contribution in [2.75, 3.05) is 0 Å². The molecule has 1 aliphatic carbocycles. The van der Waals surface area contributed by atoms with Gasteiger partial charge in [-0.15, -0.1) is 5.56 Å². The topological polar surface area (TPSA) is 0 Å². The Balaban J connectivity index is 0.000000136. The summed E-state index contributed by atoms with van der Waals surface area (Å²) in [6.45, 7) is 4.34. The Bertz CT molecular complexity index is 1260. The van der Waals surface area contributed by atoms with Gasteiger partial charge in [-0.3, -0.25) is 0 Å². The summed E-state index contributed by atoms with van der Waals surface area (Å²) in [5, 5.41) is 3.07. The minimum atomic E-state index is -0.499. The molecule has 5 aromatic carbocycles. The molecule has 0 aliphatic heterocycles. The number of rotatable bonds is 2. The summed E-state index contributed by atoms with van der Waals surface area (Å²) < 4.78 is 0. The molecule has 0 bridgehead atoms. The van der Waals surface area contributed by atoms with Crippen LogP contribution in [0.1, 0.15) is 22.3 Å². The molecule has 0 radical (unpaired) electrons. The van der Waals surface area contributed by atoms with Crippen LogP contribution < -0.4 is 10.4 Å². The van der Waals surface area contributed by atoms with Crippen molar-refractivity contribution in [3.05, 3.63) is 150 Å². The first-order valence-electron chi connectivity index (χ1n) is 11.6. The molecule has 0 heterocycles. The molecule has 0 fully saturated rings. The Morgan fingerprint density at radius 1 is 0.706 bits per heavy atom. The van der Waals surface area contributed by atoms with Crippen molar-refractivity contribution in [2.24, 2.45) is 0 Å².